The summed E-state index contributed by atoms with van der Waals surface area (Å²) in [5.41, 5.74) is 6.65. The second kappa shape index (κ2) is 4.40. The second-order valence-electron chi connectivity index (χ2n) is 6.38. The lowest BCUT2D eigenvalue weighted by atomic mass is 9.63. The first kappa shape index (κ1) is 12.9. The molecule has 3 nitrogen and oxygen atoms in total. The molecular weight excluding hydrogens is 188 g/mol. The van der Waals surface area contributed by atoms with Crippen molar-refractivity contribution in [1.82, 2.24) is 5.32 Å². The zero-order chi connectivity index (χ0) is 11.7. The molecule has 0 amide bonds. The SMILES string of the molecule is CC(O)NCC1(C)CC(N)CC(C)(C)C1. The molecule has 0 radical (unpaired) electrons. The zero-order valence-corrected chi connectivity index (χ0v) is 10.5. The van der Waals surface area contributed by atoms with E-state index in [1.165, 1.54) is 6.42 Å². The molecule has 90 valence electrons. The summed E-state index contributed by atoms with van der Waals surface area (Å²) < 4.78 is 0. The van der Waals surface area contributed by atoms with Gasteiger partial charge >= 0.3 is 0 Å². The van der Waals surface area contributed by atoms with Gasteiger partial charge in [0.05, 0.1) is 0 Å². The lowest BCUT2D eigenvalue weighted by molar-refractivity contribution is 0.0613. The van der Waals surface area contributed by atoms with Gasteiger partial charge in [0.1, 0.15) is 6.23 Å². The molecule has 0 aromatic heterocycles. The van der Waals surface area contributed by atoms with Gasteiger partial charge in [0.25, 0.3) is 0 Å². The van der Waals surface area contributed by atoms with Crippen LogP contribution in [0, 0.1) is 10.8 Å². The first-order valence-electron chi connectivity index (χ1n) is 5.90. The topological polar surface area (TPSA) is 58.3 Å². The van der Waals surface area contributed by atoms with Crippen LogP contribution >= 0.6 is 0 Å². The van der Waals surface area contributed by atoms with Crippen LogP contribution in [0.3, 0.4) is 0 Å². The number of aliphatic hydroxyl groups excluding tert-OH is 1. The number of hydrogen-bond acceptors (Lipinski definition) is 3. The normalized spacial score (nSPS) is 37.6. The number of nitrogens with one attached hydrogen (secondary N) is 1. The van der Waals surface area contributed by atoms with Crippen molar-refractivity contribution in [2.75, 3.05) is 6.54 Å². The highest BCUT2D eigenvalue weighted by Crippen LogP contribution is 2.45. The average Bonchev–Trinajstić information content (AvgIpc) is 1.96. The van der Waals surface area contributed by atoms with Crippen molar-refractivity contribution in [1.29, 1.82) is 0 Å². The summed E-state index contributed by atoms with van der Waals surface area (Å²) in [6.07, 6.45) is 2.91. The smallest absolute Gasteiger partial charge is 0.102 e. The van der Waals surface area contributed by atoms with Gasteiger partial charge in [-0.25, -0.2) is 0 Å². The molecule has 0 heterocycles. The Kier molecular flexibility index (Phi) is 3.80. The first-order chi connectivity index (χ1) is 6.72. The summed E-state index contributed by atoms with van der Waals surface area (Å²) >= 11 is 0. The fourth-order valence-electron chi connectivity index (χ4n) is 3.24. The third-order valence-corrected chi connectivity index (χ3v) is 3.30. The van der Waals surface area contributed by atoms with Gasteiger partial charge in [-0.3, -0.25) is 5.32 Å². The Morgan fingerprint density at radius 2 is 2.00 bits per heavy atom. The predicted molar refractivity (Wildman–Crippen MR) is 63.4 cm³/mol. The molecule has 15 heavy (non-hydrogen) atoms. The Morgan fingerprint density at radius 1 is 1.40 bits per heavy atom. The highest BCUT2D eigenvalue weighted by atomic mass is 16.3. The Hall–Kier alpha value is -0.120. The van der Waals surface area contributed by atoms with E-state index in [1.807, 2.05) is 0 Å². The third-order valence-electron chi connectivity index (χ3n) is 3.30. The monoisotopic (exact) mass is 214 g/mol. The van der Waals surface area contributed by atoms with Crippen LogP contribution in [0.25, 0.3) is 0 Å². The lowest BCUT2D eigenvalue weighted by Crippen LogP contribution is -2.47. The van der Waals surface area contributed by atoms with E-state index in [4.69, 9.17) is 5.73 Å². The van der Waals surface area contributed by atoms with Crippen molar-refractivity contribution in [3.8, 4) is 0 Å². The summed E-state index contributed by atoms with van der Waals surface area (Å²) in [6, 6.07) is 0.301. The Morgan fingerprint density at radius 3 is 2.47 bits per heavy atom. The van der Waals surface area contributed by atoms with Crippen LogP contribution in [0.5, 0.6) is 0 Å². The van der Waals surface area contributed by atoms with Crippen LogP contribution < -0.4 is 11.1 Å². The van der Waals surface area contributed by atoms with Crippen LogP contribution in [0.1, 0.15) is 47.0 Å². The zero-order valence-electron chi connectivity index (χ0n) is 10.5. The number of rotatable bonds is 3. The maximum absolute atomic E-state index is 9.25. The van der Waals surface area contributed by atoms with E-state index in [0.717, 1.165) is 19.4 Å². The first-order valence-corrected chi connectivity index (χ1v) is 5.90. The molecular formula is C12H26N2O. The van der Waals surface area contributed by atoms with Gasteiger partial charge in [0, 0.05) is 12.6 Å². The minimum Gasteiger partial charge on any atom is -0.379 e. The molecule has 0 aliphatic heterocycles. The fourth-order valence-corrected chi connectivity index (χ4v) is 3.24. The van der Waals surface area contributed by atoms with Crippen LogP contribution in [-0.4, -0.2) is 23.9 Å². The van der Waals surface area contributed by atoms with Crippen LogP contribution in [0.4, 0.5) is 0 Å². The number of hydrogen-bond donors (Lipinski definition) is 3. The highest BCUT2D eigenvalue weighted by molar-refractivity contribution is 4.94. The Labute approximate surface area is 93.4 Å². The molecule has 1 aliphatic rings. The fraction of sp³-hybridized carbons (Fsp3) is 1.00. The number of aliphatic hydroxyl groups is 1. The predicted octanol–water partition coefficient (Wildman–Crippen LogP) is 1.46. The van der Waals surface area contributed by atoms with E-state index < -0.39 is 6.23 Å². The molecule has 3 heteroatoms. The van der Waals surface area contributed by atoms with Gasteiger partial charge < -0.3 is 10.8 Å². The van der Waals surface area contributed by atoms with Crippen molar-refractivity contribution in [2.45, 2.75) is 59.2 Å². The Balaban J connectivity index is 2.58. The molecule has 3 unspecified atom stereocenters. The van der Waals surface area contributed by atoms with Crippen molar-refractivity contribution in [3.63, 3.8) is 0 Å². The van der Waals surface area contributed by atoms with Gasteiger partial charge in [0.15, 0.2) is 0 Å². The lowest BCUT2D eigenvalue weighted by Gasteiger charge is -2.46. The van der Waals surface area contributed by atoms with E-state index in [2.05, 4.69) is 26.1 Å². The average molecular weight is 214 g/mol. The summed E-state index contributed by atoms with van der Waals surface area (Å²) in [5.74, 6) is 0. The largest absolute Gasteiger partial charge is 0.379 e. The molecule has 0 spiro atoms. The van der Waals surface area contributed by atoms with Crippen molar-refractivity contribution >= 4 is 0 Å². The van der Waals surface area contributed by atoms with Crippen molar-refractivity contribution in [3.05, 3.63) is 0 Å². The van der Waals surface area contributed by atoms with E-state index in [1.54, 1.807) is 6.92 Å². The van der Waals surface area contributed by atoms with Crippen LogP contribution in [0.15, 0.2) is 0 Å². The molecule has 4 N–H and O–H groups in total. The molecule has 1 saturated carbocycles. The molecule has 0 saturated heterocycles. The highest BCUT2D eigenvalue weighted by Gasteiger charge is 2.39. The summed E-state index contributed by atoms with van der Waals surface area (Å²) in [7, 11) is 0. The van der Waals surface area contributed by atoms with Crippen molar-refractivity contribution < 1.29 is 5.11 Å². The quantitative estimate of drug-likeness (QED) is 0.623. The minimum atomic E-state index is -0.428. The van der Waals surface area contributed by atoms with Gasteiger partial charge in [-0.2, -0.15) is 0 Å². The molecule has 0 bridgehead atoms. The standard InChI is InChI=1S/C12H26N2O/c1-9(15)14-8-12(4)6-10(13)5-11(2,3)7-12/h9-10,14-15H,5-8,13H2,1-4H3. The minimum absolute atomic E-state index is 0.220. The Bertz CT molecular complexity index is 216. The molecule has 0 aromatic rings. The summed E-state index contributed by atoms with van der Waals surface area (Å²) in [4.78, 5) is 0. The maximum atomic E-state index is 9.25. The molecule has 1 rings (SSSR count). The van der Waals surface area contributed by atoms with Crippen LogP contribution in [-0.2, 0) is 0 Å². The van der Waals surface area contributed by atoms with Crippen molar-refractivity contribution in [2.24, 2.45) is 16.6 Å². The molecule has 0 aromatic carbocycles. The second-order valence-corrected chi connectivity index (χ2v) is 6.38. The van der Waals surface area contributed by atoms with E-state index in [-0.39, 0.29) is 5.41 Å². The van der Waals surface area contributed by atoms with E-state index >= 15 is 0 Å². The van der Waals surface area contributed by atoms with Gasteiger partial charge in [0.2, 0.25) is 0 Å². The van der Waals surface area contributed by atoms with E-state index in [9.17, 15) is 5.11 Å². The third kappa shape index (κ3) is 4.09. The maximum Gasteiger partial charge on any atom is 0.102 e. The van der Waals surface area contributed by atoms with Gasteiger partial charge in [-0.05, 0) is 37.0 Å². The molecule has 3 atom stereocenters. The summed E-state index contributed by atoms with van der Waals surface area (Å²) in [6.45, 7) is 9.45. The van der Waals surface area contributed by atoms with Gasteiger partial charge in [-0.1, -0.05) is 20.8 Å². The molecule has 1 aliphatic carbocycles. The summed E-state index contributed by atoms with van der Waals surface area (Å²) in [5, 5.41) is 12.4. The number of nitrogens with two attached hydrogens (primary N) is 1. The van der Waals surface area contributed by atoms with Crippen LogP contribution in [0.2, 0.25) is 0 Å². The molecule has 1 fully saturated rings. The van der Waals surface area contributed by atoms with E-state index in [0.29, 0.717) is 11.5 Å². The van der Waals surface area contributed by atoms with Gasteiger partial charge in [-0.15, -0.1) is 0 Å².